The van der Waals surface area contributed by atoms with Crippen LogP contribution in [0.1, 0.15) is 0 Å². The number of aromatic nitrogens is 2. The Labute approximate surface area is 184 Å². The van der Waals surface area contributed by atoms with Crippen molar-refractivity contribution in [3.63, 3.8) is 0 Å². The van der Waals surface area contributed by atoms with Gasteiger partial charge in [-0.2, -0.15) is 4.31 Å². The Balaban J connectivity index is 1.44. The smallest absolute Gasteiger partial charge is 0.270 e. The molecule has 1 fully saturated rings. The SMILES string of the molecule is O=[N+]([O-])c1cccc(S(=O)(=O)N2CCN(c3ccc(-c4ccc(Cl)cc4)nn3)CC2)c1. The zero-order chi connectivity index (χ0) is 22.0. The van der Waals surface area contributed by atoms with E-state index in [1.165, 1.54) is 22.5 Å². The zero-order valence-corrected chi connectivity index (χ0v) is 17.8. The minimum Gasteiger partial charge on any atom is -0.352 e. The highest BCUT2D eigenvalue weighted by Gasteiger charge is 2.30. The first-order chi connectivity index (χ1) is 14.8. The van der Waals surface area contributed by atoms with Crippen LogP contribution in [0.5, 0.6) is 0 Å². The van der Waals surface area contributed by atoms with Crippen LogP contribution in [0.15, 0.2) is 65.6 Å². The molecule has 1 aliphatic rings. The van der Waals surface area contributed by atoms with E-state index in [2.05, 4.69) is 10.2 Å². The van der Waals surface area contributed by atoms with Crippen LogP contribution in [0.2, 0.25) is 5.02 Å². The molecule has 0 atom stereocenters. The van der Waals surface area contributed by atoms with Crippen LogP contribution in [-0.2, 0) is 10.0 Å². The summed E-state index contributed by atoms with van der Waals surface area (Å²) in [5.74, 6) is 0.658. The summed E-state index contributed by atoms with van der Waals surface area (Å²) >= 11 is 5.91. The Morgan fingerprint density at radius 3 is 2.26 bits per heavy atom. The molecular formula is C20H18ClN5O4S. The number of hydrogen-bond donors (Lipinski definition) is 0. The lowest BCUT2D eigenvalue weighted by Crippen LogP contribution is -2.49. The third kappa shape index (κ3) is 4.50. The van der Waals surface area contributed by atoms with Gasteiger partial charge < -0.3 is 4.90 Å². The topological polar surface area (TPSA) is 110 Å². The van der Waals surface area contributed by atoms with E-state index in [0.29, 0.717) is 29.6 Å². The second-order valence-electron chi connectivity index (χ2n) is 6.93. The van der Waals surface area contributed by atoms with Crippen molar-refractivity contribution in [2.24, 2.45) is 0 Å². The molecule has 0 aliphatic carbocycles. The van der Waals surface area contributed by atoms with Gasteiger partial charge in [0.15, 0.2) is 5.82 Å². The van der Waals surface area contributed by atoms with Gasteiger partial charge in [0.25, 0.3) is 5.69 Å². The van der Waals surface area contributed by atoms with Crippen LogP contribution in [-0.4, -0.2) is 54.0 Å². The summed E-state index contributed by atoms with van der Waals surface area (Å²) in [4.78, 5) is 12.2. The minimum absolute atomic E-state index is 0.0812. The monoisotopic (exact) mass is 459 g/mol. The fraction of sp³-hybridized carbons (Fsp3) is 0.200. The molecule has 4 rings (SSSR count). The molecular weight excluding hydrogens is 442 g/mol. The second kappa shape index (κ2) is 8.58. The minimum atomic E-state index is -3.81. The van der Waals surface area contributed by atoms with Gasteiger partial charge >= 0.3 is 0 Å². The lowest BCUT2D eigenvalue weighted by atomic mass is 10.1. The molecule has 160 valence electrons. The molecule has 1 saturated heterocycles. The fourth-order valence-corrected chi connectivity index (χ4v) is 4.92. The number of benzene rings is 2. The van der Waals surface area contributed by atoms with Crippen LogP contribution < -0.4 is 4.90 Å². The van der Waals surface area contributed by atoms with Gasteiger partial charge in [-0.15, -0.1) is 10.2 Å². The maximum atomic E-state index is 12.9. The molecule has 0 bridgehead atoms. The number of non-ortho nitro benzene ring substituents is 1. The molecule has 1 aliphatic heterocycles. The van der Waals surface area contributed by atoms with Gasteiger partial charge in [-0.05, 0) is 30.3 Å². The van der Waals surface area contributed by atoms with Crippen LogP contribution in [0.25, 0.3) is 11.3 Å². The number of nitrogens with zero attached hydrogens (tertiary/aromatic N) is 5. The number of rotatable bonds is 5. The first-order valence-corrected chi connectivity index (χ1v) is 11.3. The van der Waals surface area contributed by atoms with E-state index in [9.17, 15) is 18.5 Å². The molecule has 9 nitrogen and oxygen atoms in total. The van der Waals surface area contributed by atoms with E-state index in [0.717, 1.165) is 11.6 Å². The van der Waals surface area contributed by atoms with Gasteiger partial charge in [0.2, 0.25) is 10.0 Å². The summed E-state index contributed by atoms with van der Waals surface area (Å²) in [5.41, 5.74) is 1.36. The molecule has 2 aromatic carbocycles. The average Bonchev–Trinajstić information content (AvgIpc) is 2.80. The van der Waals surface area contributed by atoms with Gasteiger partial charge in [0.05, 0.1) is 15.5 Å². The number of sulfonamides is 1. The standard InChI is InChI=1S/C20H18ClN5O4S/c21-16-6-4-15(5-7-16)19-8-9-20(23-22-19)24-10-12-25(13-11-24)31(29,30)18-3-1-2-17(14-18)26(27)28/h1-9,14H,10-13H2. The first kappa shape index (κ1) is 21.2. The Kier molecular flexibility index (Phi) is 5.86. The molecule has 11 heteroatoms. The predicted molar refractivity (Wildman–Crippen MR) is 117 cm³/mol. The van der Waals surface area contributed by atoms with E-state index >= 15 is 0 Å². The normalized spacial score (nSPS) is 15.1. The van der Waals surface area contributed by atoms with Crippen molar-refractivity contribution >= 4 is 33.1 Å². The third-order valence-electron chi connectivity index (χ3n) is 5.02. The predicted octanol–water partition coefficient (Wildman–Crippen LogP) is 3.22. The molecule has 0 amide bonds. The average molecular weight is 460 g/mol. The van der Waals surface area contributed by atoms with Crippen molar-refractivity contribution in [2.75, 3.05) is 31.1 Å². The van der Waals surface area contributed by atoms with Crippen molar-refractivity contribution in [1.82, 2.24) is 14.5 Å². The van der Waals surface area contributed by atoms with E-state index in [1.807, 2.05) is 29.2 Å². The highest BCUT2D eigenvalue weighted by molar-refractivity contribution is 7.89. The van der Waals surface area contributed by atoms with Crippen molar-refractivity contribution in [2.45, 2.75) is 4.90 Å². The quantitative estimate of drug-likeness (QED) is 0.425. The summed E-state index contributed by atoms with van der Waals surface area (Å²) in [6, 6.07) is 16.1. The molecule has 1 aromatic heterocycles. The third-order valence-corrected chi connectivity index (χ3v) is 7.17. The first-order valence-electron chi connectivity index (χ1n) is 9.44. The Bertz CT molecular complexity index is 1190. The Morgan fingerprint density at radius 2 is 1.65 bits per heavy atom. The van der Waals surface area contributed by atoms with Gasteiger partial charge in [0.1, 0.15) is 0 Å². The molecule has 31 heavy (non-hydrogen) atoms. The van der Waals surface area contributed by atoms with E-state index in [-0.39, 0.29) is 23.7 Å². The molecule has 0 N–H and O–H groups in total. The molecule has 0 unspecified atom stereocenters. The van der Waals surface area contributed by atoms with Crippen molar-refractivity contribution < 1.29 is 13.3 Å². The number of hydrogen-bond acceptors (Lipinski definition) is 7. The van der Waals surface area contributed by atoms with Crippen molar-refractivity contribution in [1.29, 1.82) is 0 Å². The van der Waals surface area contributed by atoms with E-state index < -0.39 is 14.9 Å². The van der Waals surface area contributed by atoms with Crippen molar-refractivity contribution in [3.05, 3.63) is 75.8 Å². The van der Waals surface area contributed by atoms with Gasteiger partial charge in [-0.25, -0.2) is 8.42 Å². The van der Waals surface area contributed by atoms with Gasteiger partial charge in [-0.1, -0.05) is 29.8 Å². The number of nitro groups is 1. The van der Waals surface area contributed by atoms with Crippen LogP contribution in [0.4, 0.5) is 11.5 Å². The molecule has 0 spiro atoms. The molecule has 3 aromatic rings. The zero-order valence-electron chi connectivity index (χ0n) is 16.3. The summed E-state index contributed by atoms with van der Waals surface area (Å²) in [6.07, 6.45) is 0. The highest BCUT2D eigenvalue weighted by atomic mass is 35.5. The Morgan fingerprint density at radius 1 is 0.935 bits per heavy atom. The van der Waals surface area contributed by atoms with E-state index in [4.69, 9.17) is 11.6 Å². The van der Waals surface area contributed by atoms with E-state index in [1.54, 1.807) is 12.1 Å². The van der Waals surface area contributed by atoms with Gasteiger partial charge in [0, 0.05) is 48.9 Å². The maximum Gasteiger partial charge on any atom is 0.270 e. The molecule has 2 heterocycles. The number of piperazine rings is 1. The fourth-order valence-electron chi connectivity index (χ4n) is 3.33. The maximum absolute atomic E-state index is 12.9. The number of nitro benzene ring substituents is 1. The summed E-state index contributed by atoms with van der Waals surface area (Å²) in [7, 11) is -3.81. The summed E-state index contributed by atoms with van der Waals surface area (Å²) < 4.78 is 27.1. The molecule has 0 radical (unpaired) electrons. The van der Waals surface area contributed by atoms with Gasteiger partial charge in [-0.3, -0.25) is 10.1 Å². The number of anilines is 1. The Hall–Kier alpha value is -3.08. The highest BCUT2D eigenvalue weighted by Crippen LogP contribution is 2.24. The lowest BCUT2D eigenvalue weighted by Gasteiger charge is -2.34. The van der Waals surface area contributed by atoms with Crippen molar-refractivity contribution in [3.8, 4) is 11.3 Å². The van der Waals surface area contributed by atoms with Crippen LogP contribution in [0.3, 0.4) is 0 Å². The largest absolute Gasteiger partial charge is 0.352 e. The second-order valence-corrected chi connectivity index (χ2v) is 9.30. The van der Waals surface area contributed by atoms with Crippen LogP contribution >= 0.6 is 11.6 Å². The van der Waals surface area contributed by atoms with Crippen LogP contribution in [0, 0.1) is 10.1 Å². The summed E-state index contributed by atoms with van der Waals surface area (Å²) in [6.45, 7) is 1.35. The lowest BCUT2D eigenvalue weighted by molar-refractivity contribution is -0.385. The number of halogens is 1. The molecule has 0 saturated carbocycles. The summed E-state index contributed by atoms with van der Waals surface area (Å²) in [5, 5.41) is 20.1.